The fourth-order valence-corrected chi connectivity index (χ4v) is 5.57. The second-order valence-electron chi connectivity index (χ2n) is 7.95. The summed E-state index contributed by atoms with van der Waals surface area (Å²) in [7, 11) is 0. The molecule has 2 aliphatic carbocycles. The van der Waals surface area contributed by atoms with E-state index in [9.17, 15) is 1.37 Å². The molecule has 0 fully saturated rings. The van der Waals surface area contributed by atoms with E-state index >= 15 is 0 Å². The summed E-state index contributed by atoms with van der Waals surface area (Å²) in [4.78, 5) is 0. The predicted octanol–water partition coefficient (Wildman–Crippen LogP) is 7.18. The highest BCUT2D eigenvalue weighted by Gasteiger charge is 2.51. The topological polar surface area (TPSA) is 0 Å². The van der Waals surface area contributed by atoms with Gasteiger partial charge in [-0.25, -0.2) is 0 Å². The van der Waals surface area contributed by atoms with Crippen LogP contribution in [0.2, 0.25) is 0 Å². The van der Waals surface area contributed by atoms with Gasteiger partial charge in [-0.2, -0.15) is 0 Å². The van der Waals surface area contributed by atoms with Gasteiger partial charge in [0.1, 0.15) is 0 Å². The van der Waals surface area contributed by atoms with Crippen LogP contribution >= 0.6 is 0 Å². The lowest BCUT2D eigenvalue weighted by molar-refractivity contribution is 0.795. The third-order valence-electron chi connectivity index (χ3n) is 6.65. The minimum absolute atomic E-state index is 0.491. The van der Waals surface area contributed by atoms with E-state index in [1.54, 1.807) is 0 Å². The Hall–Kier alpha value is -3.64. The molecule has 0 nitrogen and oxygen atoms in total. The van der Waals surface area contributed by atoms with E-state index in [-0.39, 0.29) is 0 Å². The van der Waals surface area contributed by atoms with Gasteiger partial charge in [-0.15, -0.1) is 0 Å². The summed E-state index contributed by atoms with van der Waals surface area (Å²) in [5.74, 6) is 0. The van der Waals surface area contributed by atoms with E-state index in [0.29, 0.717) is 12.1 Å². The first-order chi connectivity index (χ1) is 15.2. The second kappa shape index (κ2) is 5.24. The van der Waals surface area contributed by atoms with E-state index in [0.717, 1.165) is 44.2 Å². The van der Waals surface area contributed by atoms with Crippen LogP contribution in [0, 0.1) is 0 Å². The Bertz CT molecular complexity index is 1560. The molecule has 0 N–H and O–H groups in total. The van der Waals surface area contributed by atoms with Crippen LogP contribution in [0.5, 0.6) is 0 Å². The monoisotopic (exact) mass is 370 g/mol. The van der Waals surface area contributed by atoms with Crippen molar-refractivity contribution < 1.29 is 2.74 Å². The van der Waals surface area contributed by atoms with E-state index in [1.165, 1.54) is 11.1 Å². The fourth-order valence-electron chi connectivity index (χ4n) is 5.57. The lowest BCUT2D eigenvalue weighted by atomic mass is 9.70. The first-order valence-electron chi connectivity index (χ1n) is 11.1. The van der Waals surface area contributed by atoms with Crippen molar-refractivity contribution >= 4 is 10.8 Å². The molecule has 5 aromatic carbocycles. The van der Waals surface area contributed by atoms with Gasteiger partial charge in [0, 0.05) is 0 Å². The molecule has 1 atom stereocenters. The number of hydrogen-bond acceptors (Lipinski definition) is 0. The molecule has 0 radical (unpaired) electrons. The molecule has 0 heterocycles. The SMILES string of the molecule is [3H]c1cccc2c1-c1ccccc1C21c2ccccc2-c2c1cc1ccccc1c2[3H]. The van der Waals surface area contributed by atoms with Gasteiger partial charge < -0.3 is 0 Å². The normalized spacial score (nSPS) is 18.8. The summed E-state index contributed by atoms with van der Waals surface area (Å²) in [6.45, 7) is 0. The zero-order valence-corrected chi connectivity index (χ0v) is 15.7. The average molecular weight is 370 g/mol. The zero-order chi connectivity index (χ0) is 20.7. The van der Waals surface area contributed by atoms with Gasteiger partial charge in [0.25, 0.3) is 0 Å². The summed E-state index contributed by atoms with van der Waals surface area (Å²) in [6.07, 6.45) is 0. The maximum Gasteiger partial charge on any atom is 0.0725 e. The molecule has 0 saturated carbocycles. The van der Waals surface area contributed by atoms with Crippen molar-refractivity contribution in [3.8, 4) is 22.3 Å². The maximum absolute atomic E-state index is 9.17. The average Bonchev–Trinajstić information content (AvgIpc) is 3.27. The molecule has 29 heavy (non-hydrogen) atoms. The van der Waals surface area contributed by atoms with Crippen molar-refractivity contribution in [1.29, 1.82) is 0 Å². The van der Waals surface area contributed by atoms with Crippen LogP contribution in [-0.2, 0) is 5.41 Å². The molecule has 0 saturated heterocycles. The van der Waals surface area contributed by atoms with Gasteiger partial charge >= 0.3 is 0 Å². The van der Waals surface area contributed by atoms with Crippen LogP contribution in [-0.4, -0.2) is 0 Å². The smallest absolute Gasteiger partial charge is 0.0619 e. The van der Waals surface area contributed by atoms with Crippen molar-refractivity contribution in [1.82, 2.24) is 0 Å². The molecule has 2 aliphatic rings. The Balaban J connectivity index is 1.77. The summed E-state index contributed by atoms with van der Waals surface area (Å²) in [6, 6.07) is 34.7. The molecule has 134 valence electrons. The predicted molar refractivity (Wildman–Crippen MR) is 120 cm³/mol. The third kappa shape index (κ3) is 1.71. The minimum atomic E-state index is -0.491. The highest BCUT2D eigenvalue weighted by atomic mass is 14.5. The first-order valence-corrected chi connectivity index (χ1v) is 10.1. The molecule has 0 bridgehead atoms. The lowest BCUT2D eigenvalue weighted by Gasteiger charge is -2.30. The zero-order valence-electron chi connectivity index (χ0n) is 17.7. The van der Waals surface area contributed by atoms with Gasteiger partial charge in [-0.05, 0) is 67.4 Å². The standard InChI is InChI=1S/C29H18/c1-2-10-20-18-28-24(17-19(20)9-1)23-13-5-8-16-27(23)29(28)25-14-6-3-11-21(25)22-12-4-7-15-26(22)29/h1-18H/i11T,17T. The third-order valence-corrected chi connectivity index (χ3v) is 6.65. The largest absolute Gasteiger partial charge is 0.0725 e. The van der Waals surface area contributed by atoms with Crippen LogP contribution in [0.4, 0.5) is 0 Å². The van der Waals surface area contributed by atoms with Crippen LogP contribution in [0.3, 0.4) is 0 Å². The maximum atomic E-state index is 9.17. The fraction of sp³-hybridized carbons (Fsp3) is 0.0345. The van der Waals surface area contributed by atoms with Gasteiger partial charge in [-0.1, -0.05) is 97.0 Å². The second-order valence-corrected chi connectivity index (χ2v) is 7.95. The van der Waals surface area contributed by atoms with Crippen molar-refractivity contribution in [3.63, 3.8) is 0 Å². The van der Waals surface area contributed by atoms with E-state index in [2.05, 4.69) is 66.7 Å². The van der Waals surface area contributed by atoms with E-state index in [4.69, 9.17) is 1.37 Å². The number of hydrogen-bond donors (Lipinski definition) is 0. The highest BCUT2D eigenvalue weighted by molar-refractivity contribution is 5.99. The van der Waals surface area contributed by atoms with Crippen molar-refractivity contribution in [2.24, 2.45) is 0 Å². The Labute approximate surface area is 172 Å². The highest BCUT2D eigenvalue weighted by Crippen LogP contribution is 2.62. The van der Waals surface area contributed by atoms with Crippen LogP contribution < -0.4 is 0 Å². The molecular formula is C29H18. The Kier molecular flexibility index (Phi) is 2.44. The Morgan fingerprint density at radius 1 is 0.483 bits per heavy atom. The summed E-state index contributed by atoms with van der Waals surface area (Å²) < 4.78 is 17.9. The van der Waals surface area contributed by atoms with Crippen LogP contribution in [0.1, 0.15) is 25.0 Å². The number of fused-ring (bicyclic) bond motifs is 11. The quantitative estimate of drug-likeness (QED) is 0.265. The van der Waals surface area contributed by atoms with Crippen LogP contribution in [0.25, 0.3) is 33.0 Å². The molecule has 0 aliphatic heterocycles. The summed E-state index contributed by atoms with van der Waals surface area (Å²) in [5.41, 5.74) is 8.55. The first kappa shape index (κ1) is 13.5. The lowest BCUT2D eigenvalue weighted by Crippen LogP contribution is -2.25. The van der Waals surface area contributed by atoms with E-state index in [1.807, 2.05) is 30.3 Å². The minimum Gasteiger partial charge on any atom is -0.0619 e. The molecule has 1 spiro atoms. The van der Waals surface area contributed by atoms with Crippen molar-refractivity contribution in [3.05, 3.63) is 131 Å². The molecular weight excluding hydrogens is 348 g/mol. The van der Waals surface area contributed by atoms with Gasteiger partial charge in [-0.3, -0.25) is 0 Å². The van der Waals surface area contributed by atoms with E-state index < -0.39 is 5.41 Å². The van der Waals surface area contributed by atoms with Gasteiger partial charge in [0.15, 0.2) is 0 Å². The van der Waals surface area contributed by atoms with Crippen LogP contribution in [0.15, 0.2) is 109 Å². The summed E-state index contributed by atoms with van der Waals surface area (Å²) in [5, 5.41) is 2.07. The molecule has 5 aromatic rings. The molecule has 0 aromatic heterocycles. The molecule has 0 amide bonds. The van der Waals surface area contributed by atoms with Crippen molar-refractivity contribution in [2.45, 2.75) is 5.41 Å². The Morgan fingerprint density at radius 2 is 1.03 bits per heavy atom. The molecule has 0 heteroatoms. The molecule has 7 rings (SSSR count). The molecule has 1 unspecified atom stereocenters. The van der Waals surface area contributed by atoms with Crippen molar-refractivity contribution in [2.75, 3.05) is 0 Å². The number of benzene rings is 5. The summed E-state index contributed by atoms with van der Waals surface area (Å²) >= 11 is 0. The van der Waals surface area contributed by atoms with Gasteiger partial charge in [0.2, 0.25) is 0 Å². The van der Waals surface area contributed by atoms with Gasteiger partial charge in [0.05, 0.1) is 8.16 Å². The number of rotatable bonds is 0. The Morgan fingerprint density at radius 3 is 1.79 bits per heavy atom.